The van der Waals surface area contributed by atoms with Crippen molar-refractivity contribution >= 4 is 11.7 Å². The minimum absolute atomic E-state index is 0.353. The zero-order chi connectivity index (χ0) is 12.5. The predicted molar refractivity (Wildman–Crippen MR) is 65.4 cm³/mol. The molecule has 1 rings (SSSR count). The number of aliphatic carboxylic acids is 1. The van der Waals surface area contributed by atoms with Crippen molar-refractivity contribution in [2.75, 3.05) is 5.73 Å². The summed E-state index contributed by atoms with van der Waals surface area (Å²) < 4.78 is 0. The molecule has 0 amide bonds. The fraction of sp³-hybridized carbons (Fsp3) is 0.462. The van der Waals surface area contributed by atoms with Crippen molar-refractivity contribution in [2.24, 2.45) is 5.41 Å². The number of hydrogen-bond acceptors (Lipinski definition) is 2. The van der Waals surface area contributed by atoms with Gasteiger partial charge in [0.15, 0.2) is 0 Å². The number of aryl methyl sites for hydroxylation is 1. The molecule has 0 aromatic heterocycles. The molecule has 1 unspecified atom stereocenters. The maximum absolute atomic E-state index is 11.4. The molecule has 0 spiro atoms. The van der Waals surface area contributed by atoms with Gasteiger partial charge in [-0.05, 0) is 24.0 Å². The minimum Gasteiger partial charge on any atom is -0.481 e. The van der Waals surface area contributed by atoms with Gasteiger partial charge in [0.1, 0.15) is 0 Å². The van der Waals surface area contributed by atoms with E-state index in [1.54, 1.807) is 6.07 Å². The highest BCUT2D eigenvalue weighted by Gasteiger charge is 2.33. The lowest BCUT2D eigenvalue weighted by Gasteiger charge is -2.28. The highest BCUT2D eigenvalue weighted by Crippen LogP contribution is 2.38. The Morgan fingerprint density at radius 3 is 2.38 bits per heavy atom. The van der Waals surface area contributed by atoms with Gasteiger partial charge in [0, 0.05) is 5.69 Å². The Hall–Kier alpha value is -1.51. The average molecular weight is 221 g/mol. The van der Waals surface area contributed by atoms with Crippen LogP contribution in [0.5, 0.6) is 0 Å². The first-order valence-electron chi connectivity index (χ1n) is 5.32. The lowest BCUT2D eigenvalue weighted by atomic mass is 9.75. The normalized spacial score (nSPS) is 13.5. The van der Waals surface area contributed by atoms with Crippen LogP contribution in [0.4, 0.5) is 5.69 Å². The van der Waals surface area contributed by atoms with Crippen molar-refractivity contribution in [3.8, 4) is 0 Å². The van der Waals surface area contributed by atoms with E-state index in [9.17, 15) is 9.90 Å². The molecule has 0 radical (unpaired) electrons. The number of carbonyl (C=O) groups is 1. The quantitative estimate of drug-likeness (QED) is 0.755. The number of anilines is 1. The van der Waals surface area contributed by atoms with E-state index in [-0.39, 0.29) is 5.41 Å². The Balaban J connectivity index is 3.32. The predicted octanol–water partition coefficient (Wildman–Crippen LogP) is 2.79. The zero-order valence-electron chi connectivity index (χ0n) is 10.2. The summed E-state index contributed by atoms with van der Waals surface area (Å²) in [5.41, 5.74) is 7.79. The van der Waals surface area contributed by atoms with Crippen LogP contribution >= 0.6 is 0 Å². The average Bonchev–Trinajstić information content (AvgIpc) is 2.08. The lowest BCUT2D eigenvalue weighted by Crippen LogP contribution is -2.27. The van der Waals surface area contributed by atoms with E-state index in [0.717, 1.165) is 5.56 Å². The Kier molecular flexibility index (Phi) is 3.27. The van der Waals surface area contributed by atoms with Crippen molar-refractivity contribution in [3.05, 3.63) is 29.3 Å². The molecule has 16 heavy (non-hydrogen) atoms. The first-order chi connectivity index (χ1) is 7.23. The molecule has 0 fully saturated rings. The van der Waals surface area contributed by atoms with Gasteiger partial charge in [-0.1, -0.05) is 38.5 Å². The number of hydrogen-bond donors (Lipinski definition) is 2. The fourth-order valence-corrected chi connectivity index (χ4v) is 1.91. The van der Waals surface area contributed by atoms with Gasteiger partial charge in [0.2, 0.25) is 0 Å². The van der Waals surface area contributed by atoms with E-state index in [2.05, 4.69) is 0 Å². The summed E-state index contributed by atoms with van der Waals surface area (Å²) in [6.45, 7) is 7.67. The smallest absolute Gasteiger partial charge is 0.311 e. The molecule has 3 heteroatoms. The largest absolute Gasteiger partial charge is 0.481 e. The van der Waals surface area contributed by atoms with E-state index in [1.165, 1.54) is 0 Å². The van der Waals surface area contributed by atoms with Crippen LogP contribution in [-0.2, 0) is 4.79 Å². The number of benzene rings is 1. The maximum Gasteiger partial charge on any atom is 0.311 e. The molecule has 88 valence electrons. The molecule has 1 aromatic carbocycles. The maximum atomic E-state index is 11.4. The molecule has 0 aliphatic carbocycles. The van der Waals surface area contributed by atoms with Gasteiger partial charge >= 0.3 is 5.97 Å². The summed E-state index contributed by atoms with van der Waals surface area (Å²) in [7, 11) is 0. The van der Waals surface area contributed by atoms with E-state index in [4.69, 9.17) is 5.73 Å². The summed E-state index contributed by atoms with van der Waals surface area (Å²) in [6, 6.07) is 5.52. The van der Waals surface area contributed by atoms with Gasteiger partial charge in [0.05, 0.1) is 5.92 Å². The molecule has 0 aliphatic heterocycles. The second-order valence-electron chi connectivity index (χ2n) is 5.27. The van der Waals surface area contributed by atoms with E-state index < -0.39 is 11.9 Å². The van der Waals surface area contributed by atoms with Crippen LogP contribution in [-0.4, -0.2) is 11.1 Å². The van der Waals surface area contributed by atoms with Gasteiger partial charge in [0.25, 0.3) is 0 Å². The Labute approximate surface area is 96.3 Å². The fourth-order valence-electron chi connectivity index (χ4n) is 1.91. The molecule has 1 atom stereocenters. The van der Waals surface area contributed by atoms with Crippen molar-refractivity contribution in [3.63, 3.8) is 0 Å². The summed E-state index contributed by atoms with van der Waals surface area (Å²) in [5.74, 6) is -1.41. The Morgan fingerprint density at radius 1 is 1.38 bits per heavy atom. The van der Waals surface area contributed by atoms with E-state index in [0.29, 0.717) is 11.3 Å². The van der Waals surface area contributed by atoms with Gasteiger partial charge in [-0.2, -0.15) is 0 Å². The third kappa shape index (κ3) is 2.54. The second kappa shape index (κ2) is 4.16. The first-order valence-corrected chi connectivity index (χ1v) is 5.32. The summed E-state index contributed by atoms with van der Waals surface area (Å²) >= 11 is 0. The number of rotatable bonds is 2. The van der Waals surface area contributed by atoms with Gasteiger partial charge in [-0.3, -0.25) is 4.79 Å². The van der Waals surface area contributed by atoms with Gasteiger partial charge < -0.3 is 10.8 Å². The van der Waals surface area contributed by atoms with Crippen molar-refractivity contribution in [1.82, 2.24) is 0 Å². The van der Waals surface area contributed by atoms with Crippen molar-refractivity contribution < 1.29 is 9.90 Å². The van der Waals surface area contributed by atoms with Crippen molar-refractivity contribution in [2.45, 2.75) is 33.6 Å². The monoisotopic (exact) mass is 221 g/mol. The van der Waals surface area contributed by atoms with Crippen LogP contribution in [0, 0.1) is 12.3 Å². The second-order valence-corrected chi connectivity index (χ2v) is 5.27. The molecule has 0 bridgehead atoms. The van der Waals surface area contributed by atoms with Crippen LogP contribution in [0.3, 0.4) is 0 Å². The number of nitrogen functional groups attached to an aromatic ring is 1. The SMILES string of the molecule is Cc1ccc(N)c(C(C(=O)O)C(C)(C)C)c1. The first kappa shape index (κ1) is 12.6. The lowest BCUT2D eigenvalue weighted by molar-refractivity contribution is -0.141. The van der Waals surface area contributed by atoms with Crippen LogP contribution in [0.2, 0.25) is 0 Å². The molecular weight excluding hydrogens is 202 g/mol. The summed E-state index contributed by atoms with van der Waals surface area (Å²) in [5, 5.41) is 9.32. The topological polar surface area (TPSA) is 63.3 Å². The molecule has 3 N–H and O–H groups in total. The highest BCUT2D eigenvalue weighted by molar-refractivity contribution is 5.79. The molecule has 0 saturated heterocycles. The third-order valence-corrected chi connectivity index (χ3v) is 2.67. The molecule has 0 aliphatic rings. The molecule has 0 heterocycles. The zero-order valence-corrected chi connectivity index (χ0v) is 10.2. The summed E-state index contributed by atoms with van der Waals surface area (Å²) in [6.07, 6.45) is 0. The van der Waals surface area contributed by atoms with Gasteiger partial charge in [-0.15, -0.1) is 0 Å². The summed E-state index contributed by atoms with van der Waals surface area (Å²) in [4.78, 5) is 11.4. The molecule has 0 saturated carbocycles. The highest BCUT2D eigenvalue weighted by atomic mass is 16.4. The van der Waals surface area contributed by atoms with E-state index in [1.807, 2.05) is 39.8 Å². The van der Waals surface area contributed by atoms with Crippen LogP contribution in [0.25, 0.3) is 0 Å². The Bertz CT molecular complexity index is 405. The number of nitrogens with two attached hydrogens (primary N) is 1. The minimum atomic E-state index is -0.829. The number of carboxylic acid groups (broad SMARTS) is 1. The van der Waals surface area contributed by atoms with E-state index >= 15 is 0 Å². The molecular formula is C13H19NO2. The van der Waals surface area contributed by atoms with Crippen LogP contribution < -0.4 is 5.73 Å². The molecule has 1 aromatic rings. The third-order valence-electron chi connectivity index (χ3n) is 2.67. The Morgan fingerprint density at radius 2 is 1.94 bits per heavy atom. The van der Waals surface area contributed by atoms with Crippen LogP contribution in [0.1, 0.15) is 37.8 Å². The van der Waals surface area contributed by atoms with Crippen LogP contribution in [0.15, 0.2) is 18.2 Å². The standard InChI is InChI=1S/C13H19NO2/c1-8-5-6-10(14)9(7-8)11(12(15)16)13(2,3)4/h5-7,11H,14H2,1-4H3,(H,15,16). The molecule has 3 nitrogen and oxygen atoms in total. The van der Waals surface area contributed by atoms with Crippen molar-refractivity contribution in [1.29, 1.82) is 0 Å². The van der Waals surface area contributed by atoms with Gasteiger partial charge in [-0.25, -0.2) is 0 Å². The number of carboxylic acids is 1.